The number of hydrogen-bond acceptors (Lipinski definition) is 15. The molecule has 0 radical (unpaired) electrons. The summed E-state index contributed by atoms with van der Waals surface area (Å²) in [4.78, 5) is 72.9. The first-order valence-corrected chi connectivity index (χ1v) is 43.1. The van der Waals surface area contributed by atoms with Gasteiger partial charge in [-0.25, -0.2) is 9.13 Å². The van der Waals surface area contributed by atoms with Gasteiger partial charge < -0.3 is 33.8 Å². The van der Waals surface area contributed by atoms with Crippen LogP contribution in [0.5, 0.6) is 0 Å². The number of phosphoric ester groups is 2. The Labute approximate surface area is 588 Å². The van der Waals surface area contributed by atoms with Gasteiger partial charge in [-0.1, -0.05) is 350 Å². The maximum atomic E-state index is 13.1. The zero-order valence-electron chi connectivity index (χ0n) is 62.7. The Balaban J connectivity index is 5.25. The van der Waals surface area contributed by atoms with Crippen LogP contribution in [0.15, 0.2) is 0 Å². The second kappa shape index (κ2) is 68.8. The van der Waals surface area contributed by atoms with E-state index in [1.54, 1.807) is 0 Å². The third kappa shape index (κ3) is 67.9. The summed E-state index contributed by atoms with van der Waals surface area (Å²) in [7, 11) is -9.91. The predicted octanol–water partition coefficient (Wildman–Crippen LogP) is 22.7. The Hall–Kier alpha value is -1.94. The van der Waals surface area contributed by atoms with Crippen LogP contribution in [0.25, 0.3) is 0 Å². The number of carbonyl (C=O) groups excluding carboxylic acids is 4. The number of unbranched alkanes of at least 4 members (excludes halogenated alkanes) is 44. The van der Waals surface area contributed by atoms with Crippen molar-refractivity contribution in [2.24, 2.45) is 11.8 Å². The molecule has 0 bridgehead atoms. The van der Waals surface area contributed by atoms with Gasteiger partial charge in [-0.3, -0.25) is 37.3 Å². The summed E-state index contributed by atoms with van der Waals surface area (Å²) in [6, 6.07) is 0. The summed E-state index contributed by atoms with van der Waals surface area (Å²) < 4.78 is 68.6. The van der Waals surface area contributed by atoms with E-state index in [0.717, 1.165) is 108 Å². The maximum absolute atomic E-state index is 13.1. The van der Waals surface area contributed by atoms with E-state index in [9.17, 15) is 43.2 Å². The molecule has 0 spiro atoms. The standard InChI is InChI=1S/C77H150O17P2/c1-7-11-13-15-17-19-21-23-24-29-32-36-40-47-53-59-74(79)87-65-72(93-76(81)62-56-50-42-38-34-30-26-25-28-31-35-39-45-51-57-69(5)9-3)67-91-95(83,84)89-63-71(78)64-90-96(85,86)92-68-73(66-88-75(80)60-54-48-44-43-46-52-58-70(6)10-4)94-77(82)61-55-49-41-37-33-27-22-20-18-16-14-12-8-2/h69-73,78H,7-68H2,1-6H3,(H,83,84)(H,85,86)/t69?,70?,71-,72-,73-/m1/s1. The Morgan fingerprint density at radius 2 is 0.500 bits per heavy atom. The predicted molar refractivity (Wildman–Crippen MR) is 391 cm³/mol. The summed E-state index contributed by atoms with van der Waals surface area (Å²) >= 11 is 0. The third-order valence-electron chi connectivity index (χ3n) is 18.7. The van der Waals surface area contributed by atoms with Crippen molar-refractivity contribution in [3.8, 4) is 0 Å². The van der Waals surface area contributed by atoms with Crippen molar-refractivity contribution < 1.29 is 80.2 Å². The van der Waals surface area contributed by atoms with Crippen molar-refractivity contribution in [3.05, 3.63) is 0 Å². The second-order valence-electron chi connectivity index (χ2n) is 28.2. The van der Waals surface area contributed by atoms with Gasteiger partial charge in [0.15, 0.2) is 12.2 Å². The van der Waals surface area contributed by atoms with Crippen molar-refractivity contribution in [1.29, 1.82) is 0 Å². The van der Waals surface area contributed by atoms with Gasteiger partial charge in [0.25, 0.3) is 0 Å². The largest absolute Gasteiger partial charge is 0.472 e. The van der Waals surface area contributed by atoms with Gasteiger partial charge in [0, 0.05) is 25.7 Å². The van der Waals surface area contributed by atoms with E-state index in [4.69, 9.17) is 37.0 Å². The van der Waals surface area contributed by atoms with E-state index in [-0.39, 0.29) is 25.7 Å². The zero-order chi connectivity index (χ0) is 70.7. The fourth-order valence-corrected chi connectivity index (χ4v) is 13.3. The van der Waals surface area contributed by atoms with Crippen molar-refractivity contribution in [2.45, 2.75) is 419 Å². The first-order valence-electron chi connectivity index (χ1n) is 40.1. The number of carbonyl (C=O) groups is 4. The van der Waals surface area contributed by atoms with Gasteiger partial charge in [0.2, 0.25) is 0 Å². The number of rotatable bonds is 76. The van der Waals surface area contributed by atoms with Gasteiger partial charge in [-0.05, 0) is 37.5 Å². The van der Waals surface area contributed by atoms with E-state index >= 15 is 0 Å². The van der Waals surface area contributed by atoms with Crippen molar-refractivity contribution in [1.82, 2.24) is 0 Å². The monoisotopic (exact) mass is 1410 g/mol. The summed E-state index contributed by atoms with van der Waals surface area (Å²) in [6.45, 7) is 9.63. The molecule has 19 heteroatoms. The number of hydrogen-bond donors (Lipinski definition) is 3. The number of esters is 4. The normalized spacial score (nSPS) is 14.6. The Kier molecular flexibility index (Phi) is 67.4. The number of aliphatic hydroxyl groups is 1. The van der Waals surface area contributed by atoms with Crippen LogP contribution in [0.1, 0.15) is 401 Å². The minimum Gasteiger partial charge on any atom is -0.462 e. The van der Waals surface area contributed by atoms with Crippen LogP contribution in [0.2, 0.25) is 0 Å². The molecular formula is C77H150O17P2. The third-order valence-corrected chi connectivity index (χ3v) is 20.6. The van der Waals surface area contributed by atoms with Crippen LogP contribution in [-0.4, -0.2) is 96.7 Å². The Morgan fingerprint density at radius 1 is 0.292 bits per heavy atom. The molecule has 0 rings (SSSR count). The molecular weight excluding hydrogens is 1260 g/mol. The molecule has 0 amide bonds. The van der Waals surface area contributed by atoms with Crippen LogP contribution >= 0.6 is 15.6 Å². The highest BCUT2D eigenvalue weighted by atomic mass is 31.2. The first kappa shape index (κ1) is 94.1. The van der Waals surface area contributed by atoms with Crippen LogP contribution in [0.3, 0.4) is 0 Å². The van der Waals surface area contributed by atoms with E-state index in [2.05, 4.69) is 41.5 Å². The lowest BCUT2D eigenvalue weighted by atomic mass is 9.99. The van der Waals surface area contributed by atoms with Crippen LogP contribution in [0.4, 0.5) is 0 Å². The SMILES string of the molecule is CCCCCCCCCCCCCCCCCC(=O)OC[C@H](COP(=O)(O)OC[C@@H](O)COP(=O)(O)OC[C@@H](COC(=O)CCCCCCCCC(C)CC)OC(=O)CCCCCCCCCCCCCCC)OC(=O)CCCCCCCCCCCCCCCCC(C)CC. The molecule has 0 aromatic heterocycles. The summed E-state index contributed by atoms with van der Waals surface area (Å²) in [5.74, 6) is -0.536. The molecule has 7 atom stereocenters. The van der Waals surface area contributed by atoms with Gasteiger partial charge in [0.1, 0.15) is 19.3 Å². The summed E-state index contributed by atoms with van der Waals surface area (Å²) in [6.07, 6.45) is 56.7. The van der Waals surface area contributed by atoms with E-state index in [1.807, 2.05) is 0 Å². The molecule has 0 aliphatic carbocycles. The Bertz CT molecular complexity index is 1860. The molecule has 0 aromatic rings. The highest BCUT2D eigenvalue weighted by molar-refractivity contribution is 7.47. The number of ether oxygens (including phenoxy) is 4. The fraction of sp³-hybridized carbons (Fsp3) is 0.948. The second-order valence-corrected chi connectivity index (χ2v) is 31.1. The lowest BCUT2D eigenvalue weighted by Crippen LogP contribution is -2.30. The molecule has 17 nitrogen and oxygen atoms in total. The highest BCUT2D eigenvalue weighted by Crippen LogP contribution is 2.45. The number of aliphatic hydroxyl groups excluding tert-OH is 1. The lowest BCUT2D eigenvalue weighted by Gasteiger charge is -2.21. The Morgan fingerprint density at radius 3 is 0.740 bits per heavy atom. The van der Waals surface area contributed by atoms with Gasteiger partial charge >= 0.3 is 39.5 Å². The average molecular weight is 1410 g/mol. The molecule has 0 aliphatic heterocycles. The first-order chi connectivity index (χ1) is 46.4. The van der Waals surface area contributed by atoms with Crippen LogP contribution in [0, 0.1) is 11.8 Å². The highest BCUT2D eigenvalue weighted by Gasteiger charge is 2.30. The van der Waals surface area contributed by atoms with Gasteiger partial charge in [0.05, 0.1) is 26.4 Å². The summed E-state index contributed by atoms with van der Waals surface area (Å²) in [5, 5.41) is 10.6. The quantitative estimate of drug-likeness (QED) is 0.0222. The molecule has 96 heavy (non-hydrogen) atoms. The van der Waals surface area contributed by atoms with Crippen molar-refractivity contribution in [2.75, 3.05) is 39.6 Å². The maximum Gasteiger partial charge on any atom is 0.472 e. The molecule has 3 N–H and O–H groups in total. The smallest absolute Gasteiger partial charge is 0.462 e. The van der Waals surface area contributed by atoms with Crippen LogP contribution in [-0.2, 0) is 65.4 Å². The molecule has 0 fully saturated rings. The lowest BCUT2D eigenvalue weighted by molar-refractivity contribution is -0.161. The van der Waals surface area contributed by atoms with E-state index in [0.29, 0.717) is 25.7 Å². The summed E-state index contributed by atoms with van der Waals surface area (Å²) in [5.41, 5.74) is 0. The minimum atomic E-state index is -4.96. The molecule has 0 saturated heterocycles. The molecule has 0 saturated carbocycles. The fourth-order valence-electron chi connectivity index (χ4n) is 11.8. The van der Waals surface area contributed by atoms with Crippen LogP contribution < -0.4 is 0 Å². The van der Waals surface area contributed by atoms with Gasteiger partial charge in [-0.15, -0.1) is 0 Å². The van der Waals surface area contributed by atoms with E-state index in [1.165, 1.54) is 212 Å². The average Bonchev–Trinajstić information content (AvgIpc) is 1.22. The minimum absolute atomic E-state index is 0.107. The molecule has 0 aromatic carbocycles. The van der Waals surface area contributed by atoms with Crippen molar-refractivity contribution >= 4 is 39.5 Å². The van der Waals surface area contributed by atoms with Crippen molar-refractivity contribution in [3.63, 3.8) is 0 Å². The topological polar surface area (TPSA) is 237 Å². The van der Waals surface area contributed by atoms with Gasteiger partial charge in [-0.2, -0.15) is 0 Å². The van der Waals surface area contributed by atoms with E-state index < -0.39 is 97.5 Å². The molecule has 4 unspecified atom stereocenters. The number of phosphoric acid groups is 2. The molecule has 0 aliphatic rings. The zero-order valence-corrected chi connectivity index (χ0v) is 64.5. The molecule has 0 heterocycles. The molecule has 570 valence electrons.